The zero-order valence-corrected chi connectivity index (χ0v) is 21.4. The normalized spacial score (nSPS) is 17.1. The number of thiophene rings is 1. The van der Waals surface area contributed by atoms with Crippen LogP contribution in [0.1, 0.15) is 45.2 Å². The molecule has 1 aliphatic carbocycles. The molecule has 1 fully saturated rings. The lowest BCUT2D eigenvalue weighted by molar-refractivity contribution is -0.135. The first-order valence-electron chi connectivity index (χ1n) is 12.1. The number of benzene rings is 2. The monoisotopic (exact) mass is 508 g/mol. The molecule has 0 radical (unpaired) electrons. The molecule has 0 saturated heterocycles. The van der Waals surface area contributed by atoms with Crippen LogP contribution in [-0.4, -0.2) is 47.9 Å². The van der Waals surface area contributed by atoms with Crippen molar-refractivity contribution in [2.45, 2.75) is 32.2 Å². The van der Waals surface area contributed by atoms with Gasteiger partial charge in [-0.05, 0) is 79.4 Å². The SMILES string of the molecule is Cc1ccc(OC[C@@H]2c3ccsc3CCN2C(=O)CN(CC2CC2)C(=O)c2cccc(Cl)c2)cc1. The number of hydrogen-bond acceptors (Lipinski definition) is 4. The van der Waals surface area contributed by atoms with Crippen molar-refractivity contribution in [1.29, 1.82) is 0 Å². The Morgan fingerprint density at radius 2 is 1.94 bits per heavy atom. The molecule has 5 nitrogen and oxygen atoms in total. The Morgan fingerprint density at radius 3 is 2.69 bits per heavy atom. The molecule has 1 aliphatic heterocycles. The number of nitrogens with zero attached hydrogens (tertiary/aromatic N) is 2. The van der Waals surface area contributed by atoms with E-state index in [1.54, 1.807) is 40.5 Å². The number of aryl methyl sites for hydroxylation is 1. The highest BCUT2D eigenvalue weighted by molar-refractivity contribution is 7.10. The minimum atomic E-state index is -0.178. The van der Waals surface area contributed by atoms with E-state index in [2.05, 4.69) is 11.4 Å². The molecule has 3 aromatic rings. The molecular formula is C28H29ClN2O3S. The summed E-state index contributed by atoms with van der Waals surface area (Å²) in [6, 6.07) is 16.8. The van der Waals surface area contributed by atoms with E-state index >= 15 is 0 Å². The maximum atomic E-state index is 13.7. The Bertz CT molecular complexity index is 1200. The van der Waals surface area contributed by atoms with Gasteiger partial charge in [0.2, 0.25) is 5.91 Å². The smallest absolute Gasteiger partial charge is 0.254 e. The largest absolute Gasteiger partial charge is 0.491 e. The molecule has 35 heavy (non-hydrogen) atoms. The van der Waals surface area contributed by atoms with Crippen molar-refractivity contribution in [2.75, 3.05) is 26.2 Å². The molecule has 0 spiro atoms. The van der Waals surface area contributed by atoms with Gasteiger partial charge in [0.15, 0.2) is 0 Å². The molecule has 2 amide bonds. The Kier molecular flexibility index (Phi) is 7.12. The van der Waals surface area contributed by atoms with Gasteiger partial charge >= 0.3 is 0 Å². The van der Waals surface area contributed by atoms with E-state index in [-0.39, 0.29) is 24.4 Å². The van der Waals surface area contributed by atoms with Gasteiger partial charge in [-0.2, -0.15) is 0 Å². The Hall–Kier alpha value is -2.83. The van der Waals surface area contributed by atoms with Crippen molar-refractivity contribution >= 4 is 34.8 Å². The van der Waals surface area contributed by atoms with Crippen LogP contribution in [0.5, 0.6) is 5.75 Å². The zero-order chi connectivity index (χ0) is 24.4. The Labute approximate surface area is 215 Å². The van der Waals surface area contributed by atoms with Crippen LogP contribution in [0.25, 0.3) is 0 Å². The lowest BCUT2D eigenvalue weighted by atomic mass is 10.00. The molecule has 7 heteroatoms. The topological polar surface area (TPSA) is 49.9 Å². The van der Waals surface area contributed by atoms with Crippen molar-refractivity contribution in [2.24, 2.45) is 5.92 Å². The summed E-state index contributed by atoms with van der Waals surface area (Å²) < 4.78 is 6.13. The van der Waals surface area contributed by atoms with Gasteiger partial charge in [-0.3, -0.25) is 9.59 Å². The standard InChI is InChI=1S/C28H29ClN2O3S/c1-19-5-9-23(10-6-19)34-18-25-24-12-14-35-26(24)11-13-31(25)27(32)17-30(16-20-7-8-20)28(33)21-3-2-4-22(29)15-21/h2-6,9-10,12,14-15,20,25H,7-8,11,13,16-18H2,1H3/t25-/m1/s1. The van der Waals surface area contributed by atoms with Crippen molar-refractivity contribution < 1.29 is 14.3 Å². The second-order valence-corrected chi connectivity index (χ2v) is 10.9. The predicted octanol–water partition coefficient (Wildman–Crippen LogP) is 5.77. The highest BCUT2D eigenvalue weighted by Gasteiger charge is 2.35. The first kappa shape index (κ1) is 23.9. The molecule has 2 aliphatic rings. The van der Waals surface area contributed by atoms with E-state index in [4.69, 9.17) is 16.3 Å². The van der Waals surface area contributed by atoms with Crippen LogP contribution in [0.2, 0.25) is 5.02 Å². The van der Waals surface area contributed by atoms with Crippen molar-refractivity contribution in [3.8, 4) is 5.75 Å². The average molecular weight is 509 g/mol. The molecule has 1 aromatic heterocycles. The summed E-state index contributed by atoms with van der Waals surface area (Å²) in [5.41, 5.74) is 2.84. The maximum Gasteiger partial charge on any atom is 0.254 e. The first-order valence-corrected chi connectivity index (χ1v) is 13.3. The molecule has 0 unspecified atom stereocenters. The minimum Gasteiger partial charge on any atom is -0.491 e. The highest BCUT2D eigenvalue weighted by Crippen LogP contribution is 2.35. The Balaban J connectivity index is 1.34. The second kappa shape index (κ2) is 10.4. The third-order valence-electron chi connectivity index (χ3n) is 6.70. The molecule has 182 valence electrons. The van der Waals surface area contributed by atoms with E-state index in [0.29, 0.717) is 36.2 Å². The molecule has 2 aromatic carbocycles. The van der Waals surface area contributed by atoms with Gasteiger partial charge in [-0.15, -0.1) is 11.3 Å². The fourth-order valence-corrected chi connectivity index (χ4v) is 5.69. The number of rotatable bonds is 8. The van der Waals surface area contributed by atoms with Crippen LogP contribution in [0.15, 0.2) is 60.0 Å². The van der Waals surface area contributed by atoms with Crippen LogP contribution in [0.4, 0.5) is 0 Å². The van der Waals surface area contributed by atoms with Gasteiger partial charge in [0.05, 0.1) is 6.04 Å². The van der Waals surface area contributed by atoms with Crippen molar-refractivity contribution in [3.05, 3.63) is 86.6 Å². The van der Waals surface area contributed by atoms with Crippen LogP contribution in [0.3, 0.4) is 0 Å². The molecule has 0 N–H and O–H groups in total. The molecule has 5 rings (SSSR count). The summed E-state index contributed by atoms with van der Waals surface area (Å²) in [6.07, 6.45) is 3.02. The molecular weight excluding hydrogens is 480 g/mol. The minimum absolute atomic E-state index is 0.0459. The summed E-state index contributed by atoms with van der Waals surface area (Å²) in [4.78, 5) is 31.9. The van der Waals surface area contributed by atoms with E-state index in [9.17, 15) is 9.59 Å². The molecule has 1 saturated carbocycles. The van der Waals surface area contributed by atoms with Gasteiger partial charge in [0, 0.05) is 28.6 Å². The van der Waals surface area contributed by atoms with Crippen LogP contribution in [-0.2, 0) is 11.2 Å². The maximum absolute atomic E-state index is 13.7. The number of amides is 2. The number of hydrogen-bond donors (Lipinski definition) is 0. The quantitative estimate of drug-likeness (QED) is 0.388. The summed E-state index contributed by atoms with van der Waals surface area (Å²) in [5, 5.41) is 2.60. The lowest BCUT2D eigenvalue weighted by Crippen LogP contribution is -2.48. The van der Waals surface area contributed by atoms with Gasteiger partial charge in [0.1, 0.15) is 18.9 Å². The van der Waals surface area contributed by atoms with Gasteiger partial charge < -0.3 is 14.5 Å². The third kappa shape index (κ3) is 5.71. The van der Waals surface area contributed by atoms with Crippen molar-refractivity contribution in [1.82, 2.24) is 9.80 Å². The summed E-state index contributed by atoms with van der Waals surface area (Å²) >= 11 is 7.86. The fraction of sp³-hybridized carbons (Fsp3) is 0.357. The zero-order valence-electron chi connectivity index (χ0n) is 19.8. The average Bonchev–Trinajstić information content (AvgIpc) is 3.54. The lowest BCUT2D eigenvalue weighted by Gasteiger charge is -2.37. The Morgan fingerprint density at radius 1 is 1.14 bits per heavy atom. The number of carbonyl (C=O) groups excluding carboxylic acids is 2. The van der Waals surface area contributed by atoms with E-state index in [0.717, 1.165) is 30.6 Å². The third-order valence-corrected chi connectivity index (χ3v) is 7.94. The predicted molar refractivity (Wildman–Crippen MR) is 139 cm³/mol. The first-order chi connectivity index (χ1) is 17.0. The number of carbonyl (C=O) groups is 2. The van der Waals surface area contributed by atoms with Gasteiger partial charge in [0.25, 0.3) is 5.91 Å². The van der Waals surface area contributed by atoms with Crippen LogP contribution >= 0.6 is 22.9 Å². The van der Waals surface area contributed by atoms with E-state index < -0.39 is 0 Å². The summed E-state index contributed by atoms with van der Waals surface area (Å²) in [6.45, 7) is 3.70. The van der Waals surface area contributed by atoms with E-state index in [1.807, 2.05) is 36.1 Å². The summed E-state index contributed by atoms with van der Waals surface area (Å²) in [5.74, 6) is 1.07. The van der Waals surface area contributed by atoms with E-state index in [1.165, 1.54) is 10.4 Å². The second-order valence-electron chi connectivity index (χ2n) is 9.42. The highest BCUT2D eigenvalue weighted by atomic mass is 35.5. The van der Waals surface area contributed by atoms with Crippen LogP contribution in [0, 0.1) is 12.8 Å². The number of halogens is 1. The van der Waals surface area contributed by atoms with Crippen LogP contribution < -0.4 is 4.74 Å². The fourth-order valence-electron chi connectivity index (χ4n) is 4.57. The van der Waals surface area contributed by atoms with Crippen molar-refractivity contribution in [3.63, 3.8) is 0 Å². The summed E-state index contributed by atoms with van der Waals surface area (Å²) in [7, 11) is 0. The molecule has 0 bridgehead atoms. The van der Waals surface area contributed by atoms with Gasteiger partial charge in [-0.1, -0.05) is 35.4 Å². The number of ether oxygens (including phenoxy) is 1. The number of fused-ring (bicyclic) bond motifs is 1. The molecule has 2 heterocycles. The van der Waals surface area contributed by atoms with Gasteiger partial charge in [-0.25, -0.2) is 0 Å². The molecule has 1 atom stereocenters.